The number of nitrogen functional groups attached to an aromatic ring is 1. The van der Waals surface area contributed by atoms with Crippen molar-refractivity contribution in [3.05, 3.63) is 17.7 Å². The number of carbonyl (C=O) groups excluding carboxylic acids is 1. The van der Waals surface area contributed by atoms with Crippen LogP contribution >= 0.6 is 0 Å². The quantitative estimate of drug-likeness (QED) is 0.757. The molecule has 0 aromatic heterocycles. The summed E-state index contributed by atoms with van der Waals surface area (Å²) in [6.45, 7) is 1.53. The van der Waals surface area contributed by atoms with E-state index in [-0.39, 0.29) is 23.1 Å². The number of ether oxygens (including phenoxy) is 1. The predicted molar refractivity (Wildman–Crippen MR) is 64.2 cm³/mol. The van der Waals surface area contributed by atoms with Crippen molar-refractivity contribution in [2.45, 2.75) is 12.8 Å². The molecule has 0 spiro atoms. The molecule has 0 saturated carbocycles. The molecule has 1 aliphatic heterocycles. The fourth-order valence-corrected chi connectivity index (χ4v) is 2.02. The van der Waals surface area contributed by atoms with Crippen molar-refractivity contribution < 1.29 is 14.6 Å². The molecular weight excluding hydrogens is 220 g/mol. The summed E-state index contributed by atoms with van der Waals surface area (Å²) in [4.78, 5) is 13.9. The molecule has 0 bridgehead atoms. The number of likely N-dealkylation sites (tertiary alicyclic amines) is 1. The van der Waals surface area contributed by atoms with Crippen LogP contribution in [0, 0.1) is 0 Å². The Morgan fingerprint density at radius 3 is 2.65 bits per heavy atom. The Labute approximate surface area is 99.8 Å². The third kappa shape index (κ3) is 2.13. The normalized spacial score (nSPS) is 15.0. The molecular formula is C12H16N2O3. The van der Waals surface area contributed by atoms with Gasteiger partial charge >= 0.3 is 0 Å². The number of nitrogens with two attached hydrogens (primary N) is 1. The van der Waals surface area contributed by atoms with Crippen molar-refractivity contribution >= 4 is 11.6 Å². The smallest absolute Gasteiger partial charge is 0.256 e. The first-order valence-electron chi connectivity index (χ1n) is 5.59. The number of nitrogens with zero attached hydrogens (tertiary/aromatic N) is 1. The number of methoxy groups -OCH3 is 1. The molecule has 17 heavy (non-hydrogen) atoms. The molecule has 0 radical (unpaired) electrons. The average Bonchev–Trinajstić information content (AvgIpc) is 2.82. The highest BCUT2D eigenvalue weighted by atomic mass is 16.5. The summed E-state index contributed by atoms with van der Waals surface area (Å²) >= 11 is 0. The number of rotatable bonds is 2. The number of aromatic hydroxyl groups is 1. The fourth-order valence-electron chi connectivity index (χ4n) is 2.02. The number of hydrogen-bond acceptors (Lipinski definition) is 4. The van der Waals surface area contributed by atoms with E-state index in [0.29, 0.717) is 5.56 Å². The minimum Gasteiger partial charge on any atom is -0.504 e. The van der Waals surface area contributed by atoms with Gasteiger partial charge in [-0.1, -0.05) is 0 Å². The number of benzene rings is 1. The predicted octanol–water partition coefficient (Wildman–Crippen LogP) is 1.22. The number of phenols is 1. The second kappa shape index (κ2) is 4.53. The molecule has 0 atom stereocenters. The van der Waals surface area contributed by atoms with Gasteiger partial charge in [0.2, 0.25) is 0 Å². The highest BCUT2D eigenvalue weighted by Crippen LogP contribution is 2.31. The van der Waals surface area contributed by atoms with Gasteiger partial charge in [-0.2, -0.15) is 0 Å². The van der Waals surface area contributed by atoms with Crippen LogP contribution < -0.4 is 10.5 Å². The molecule has 1 amide bonds. The molecule has 1 aromatic carbocycles. The van der Waals surface area contributed by atoms with Crippen LogP contribution in [0.5, 0.6) is 11.5 Å². The largest absolute Gasteiger partial charge is 0.504 e. The van der Waals surface area contributed by atoms with Crippen molar-refractivity contribution in [3.63, 3.8) is 0 Å². The Morgan fingerprint density at radius 1 is 1.41 bits per heavy atom. The van der Waals surface area contributed by atoms with Crippen molar-refractivity contribution in [1.82, 2.24) is 4.90 Å². The number of carbonyl (C=O) groups is 1. The Morgan fingerprint density at radius 2 is 2.06 bits per heavy atom. The first-order valence-corrected chi connectivity index (χ1v) is 5.59. The molecule has 0 aliphatic carbocycles. The van der Waals surface area contributed by atoms with Crippen molar-refractivity contribution in [2.75, 3.05) is 25.9 Å². The van der Waals surface area contributed by atoms with Gasteiger partial charge in [-0.25, -0.2) is 0 Å². The lowest BCUT2D eigenvalue weighted by Crippen LogP contribution is -2.28. The van der Waals surface area contributed by atoms with E-state index in [0.717, 1.165) is 25.9 Å². The lowest BCUT2D eigenvalue weighted by molar-refractivity contribution is 0.0793. The second-order valence-corrected chi connectivity index (χ2v) is 4.11. The van der Waals surface area contributed by atoms with Crippen molar-refractivity contribution in [1.29, 1.82) is 0 Å². The maximum absolute atomic E-state index is 12.2. The molecule has 1 aliphatic rings. The van der Waals surface area contributed by atoms with E-state index >= 15 is 0 Å². The van der Waals surface area contributed by atoms with Crippen molar-refractivity contribution in [3.8, 4) is 11.5 Å². The number of hydrogen-bond donors (Lipinski definition) is 2. The summed E-state index contributed by atoms with van der Waals surface area (Å²) in [5.41, 5.74) is 6.42. The number of anilines is 1. The monoisotopic (exact) mass is 236 g/mol. The zero-order valence-electron chi connectivity index (χ0n) is 9.77. The van der Waals surface area contributed by atoms with Gasteiger partial charge in [-0.3, -0.25) is 4.79 Å². The summed E-state index contributed by atoms with van der Waals surface area (Å²) in [6, 6.07) is 2.84. The van der Waals surface area contributed by atoms with Gasteiger partial charge in [-0.05, 0) is 18.9 Å². The molecule has 0 unspecified atom stereocenters. The Kier molecular flexibility index (Phi) is 3.08. The maximum atomic E-state index is 12.2. The molecule has 2 rings (SSSR count). The zero-order valence-corrected chi connectivity index (χ0v) is 9.77. The molecule has 5 heteroatoms. The summed E-state index contributed by atoms with van der Waals surface area (Å²) in [7, 11) is 1.44. The number of amides is 1. The van der Waals surface area contributed by atoms with E-state index in [9.17, 15) is 9.90 Å². The van der Waals surface area contributed by atoms with E-state index < -0.39 is 0 Å². The Bertz CT molecular complexity index is 440. The molecule has 92 valence electrons. The Balaban J connectivity index is 2.33. The van der Waals surface area contributed by atoms with E-state index in [4.69, 9.17) is 10.5 Å². The van der Waals surface area contributed by atoms with Crippen LogP contribution in [-0.2, 0) is 0 Å². The van der Waals surface area contributed by atoms with Crippen LogP contribution in [0.4, 0.5) is 5.69 Å². The van der Waals surface area contributed by atoms with E-state index in [2.05, 4.69) is 0 Å². The highest BCUT2D eigenvalue weighted by Gasteiger charge is 2.22. The van der Waals surface area contributed by atoms with Gasteiger partial charge in [0, 0.05) is 24.8 Å². The van der Waals surface area contributed by atoms with Crippen LogP contribution in [-0.4, -0.2) is 36.1 Å². The van der Waals surface area contributed by atoms with E-state index in [1.165, 1.54) is 19.2 Å². The average molecular weight is 236 g/mol. The molecule has 3 N–H and O–H groups in total. The van der Waals surface area contributed by atoms with Crippen LogP contribution in [0.25, 0.3) is 0 Å². The molecule has 1 fully saturated rings. The highest BCUT2D eigenvalue weighted by molar-refractivity contribution is 6.00. The second-order valence-electron chi connectivity index (χ2n) is 4.11. The fraction of sp³-hybridized carbons (Fsp3) is 0.417. The van der Waals surface area contributed by atoms with Gasteiger partial charge in [0.15, 0.2) is 11.5 Å². The van der Waals surface area contributed by atoms with E-state index in [1.54, 1.807) is 4.90 Å². The third-order valence-electron chi connectivity index (χ3n) is 2.97. The van der Waals surface area contributed by atoms with E-state index in [1.807, 2.05) is 0 Å². The van der Waals surface area contributed by atoms with Crippen molar-refractivity contribution in [2.24, 2.45) is 0 Å². The summed E-state index contributed by atoms with van der Waals surface area (Å²) < 4.78 is 4.98. The maximum Gasteiger partial charge on any atom is 0.256 e. The van der Waals surface area contributed by atoms with Gasteiger partial charge in [0.25, 0.3) is 5.91 Å². The summed E-state index contributed by atoms with van der Waals surface area (Å²) in [5, 5.41) is 9.53. The lowest BCUT2D eigenvalue weighted by atomic mass is 10.1. The van der Waals surface area contributed by atoms with Gasteiger partial charge < -0.3 is 20.5 Å². The SMILES string of the molecule is COc1cc(C(=O)N2CCCC2)c(N)cc1O. The Hall–Kier alpha value is -1.91. The number of phenolic OH excluding ortho intramolecular Hbond substituents is 1. The zero-order chi connectivity index (χ0) is 12.4. The standard InChI is InChI=1S/C12H16N2O3/c1-17-11-6-8(9(13)7-10(11)15)12(16)14-4-2-3-5-14/h6-7,15H,2-5,13H2,1H3. The third-order valence-corrected chi connectivity index (χ3v) is 2.97. The molecule has 5 nitrogen and oxygen atoms in total. The van der Waals surface area contributed by atoms with Crippen LogP contribution in [0.3, 0.4) is 0 Å². The molecule has 1 heterocycles. The molecule has 1 aromatic rings. The van der Waals surface area contributed by atoms with Crippen LogP contribution in [0.1, 0.15) is 23.2 Å². The minimum atomic E-state index is -0.0988. The van der Waals surface area contributed by atoms with Crippen LogP contribution in [0.15, 0.2) is 12.1 Å². The minimum absolute atomic E-state index is 0.0528. The van der Waals surface area contributed by atoms with Gasteiger partial charge in [0.05, 0.1) is 12.7 Å². The summed E-state index contributed by atoms with van der Waals surface area (Å²) in [5.74, 6) is 0.114. The topological polar surface area (TPSA) is 75.8 Å². The lowest BCUT2D eigenvalue weighted by Gasteiger charge is -2.17. The molecule has 1 saturated heterocycles. The first kappa shape index (κ1) is 11.6. The summed E-state index contributed by atoms with van der Waals surface area (Å²) in [6.07, 6.45) is 2.06. The van der Waals surface area contributed by atoms with Gasteiger partial charge in [0.1, 0.15) is 0 Å². The first-order chi connectivity index (χ1) is 8.13. The van der Waals surface area contributed by atoms with Gasteiger partial charge in [-0.15, -0.1) is 0 Å². The van der Waals surface area contributed by atoms with Crippen LogP contribution in [0.2, 0.25) is 0 Å².